The average molecular weight is 833 g/mol. The Morgan fingerprint density at radius 1 is 0.466 bits per heavy atom. The number of rotatable bonds is 6. The number of ether oxygens (including phenoxy) is 2. The van der Waals surface area contributed by atoms with E-state index in [1.807, 2.05) is 0 Å². The molecule has 0 spiro atoms. The molecule has 0 saturated heterocycles. The van der Waals surface area contributed by atoms with Gasteiger partial charge in [0.25, 0.3) is 0 Å². The zero-order valence-corrected chi connectivity index (χ0v) is 30.3. The van der Waals surface area contributed by atoms with Crippen LogP contribution in [0.4, 0.5) is 26.3 Å². The Morgan fingerprint density at radius 3 is 1.22 bits per heavy atom. The molecule has 0 aliphatic heterocycles. The van der Waals surface area contributed by atoms with Crippen molar-refractivity contribution in [1.29, 1.82) is 10.5 Å². The van der Waals surface area contributed by atoms with Gasteiger partial charge in [0, 0.05) is 11.1 Å². The number of halogens is 6. The number of esters is 2. The van der Waals surface area contributed by atoms with Crippen molar-refractivity contribution in [2.24, 2.45) is 0 Å². The highest BCUT2D eigenvalue weighted by Gasteiger charge is 2.45. The Morgan fingerprint density at radius 2 is 0.828 bits per heavy atom. The Hall–Kier alpha value is -7.02. The molecule has 0 aromatic heterocycles. The number of nitriles is 2. The highest BCUT2D eigenvalue weighted by Crippen LogP contribution is 2.54. The Labute approximate surface area is 323 Å². The molecule has 0 saturated carbocycles. The van der Waals surface area contributed by atoms with Gasteiger partial charge in [0.2, 0.25) is 19.7 Å². The molecular weight excluding hydrogens is 815 g/mol. The summed E-state index contributed by atoms with van der Waals surface area (Å²) in [4.78, 5) is 25.2. The first-order chi connectivity index (χ1) is 27.3. The third-order valence-corrected chi connectivity index (χ3v) is 12.6. The maximum absolute atomic E-state index is 13.7. The minimum atomic E-state index is -5.84. The topological polar surface area (TPSA) is 168 Å². The van der Waals surface area contributed by atoms with E-state index in [1.54, 1.807) is 18.2 Å². The van der Waals surface area contributed by atoms with Gasteiger partial charge in [0.1, 0.15) is 17.7 Å². The fourth-order valence-corrected chi connectivity index (χ4v) is 9.38. The second-order valence-electron chi connectivity index (χ2n) is 12.4. The number of benzene rings is 5. The molecule has 0 heterocycles. The highest BCUT2D eigenvalue weighted by molar-refractivity contribution is 7.91. The Bertz CT molecular complexity index is 2950. The van der Waals surface area contributed by atoms with Crippen LogP contribution in [0.2, 0.25) is 0 Å². The number of sulfone groups is 2. The molecule has 2 aliphatic rings. The molecule has 7 rings (SSSR count). The number of carbonyl (C=O) groups excluding carboxylic acids is 2. The molecule has 0 bridgehead atoms. The van der Waals surface area contributed by atoms with Gasteiger partial charge in [-0.3, -0.25) is 0 Å². The highest BCUT2D eigenvalue weighted by atomic mass is 32.2. The van der Waals surface area contributed by atoms with E-state index in [-0.39, 0.29) is 53.6 Å². The number of nitrogens with zero attached hydrogens (tertiary/aromatic N) is 2. The van der Waals surface area contributed by atoms with Gasteiger partial charge in [-0.1, -0.05) is 48.5 Å². The molecule has 0 fully saturated rings. The summed E-state index contributed by atoms with van der Waals surface area (Å²) in [6, 6.07) is 26.7. The van der Waals surface area contributed by atoms with E-state index >= 15 is 0 Å². The van der Waals surface area contributed by atoms with E-state index in [4.69, 9.17) is 0 Å². The van der Waals surface area contributed by atoms with Crippen LogP contribution < -0.4 is 0 Å². The third kappa shape index (κ3) is 6.78. The first-order valence-electron chi connectivity index (χ1n) is 16.2. The fraction of sp³-hybridized carbons (Fsp3) is 0.0500. The zero-order valence-electron chi connectivity index (χ0n) is 28.6. The summed E-state index contributed by atoms with van der Waals surface area (Å²) in [7, 11) is -8.65. The molecule has 5 aromatic carbocycles. The van der Waals surface area contributed by atoms with E-state index in [0.29, 0.717) is 0 Å². The first kappa shape index (κ1) is 39.2. The van der Waals surface area contributed by atoms with Gasteiger partial charge in [-0.05, 0) is 105 Å². The maximum Gasteiger partial charge on any atom is 0.575 e. The van der Waals surface area contributed by atoms with Crippen molar-refractivity contribution in [3.63, 3.8) is 0 Å². The van der Waals surface area contributed by atoms with Gasteiger partial charge in [-0.15, -0.1) is 26.3 Å². The molecule has 0 N–H and O–H groups in total. The van der Waals surface area contributed by atoms with Gasteiger partial charge < -0.3 is 9.47 Å². The molecule has 0 radical (unpaired) electrons. The molecule has 0 unspecified atom stereocenters. The van der Waals surface area contributed by atoms with Crippen molar-refractivity contribution >= 4 is 42.8 Å². The van der Waals surface area contributed by atoms with Crippen molar-refractivity contribution in [2.45, 2.75) is 32.3 Å². The number of hydrogen-bond donors (Lipinski definition) is 0. The Kier molecular flexibility index (Phi) is 9.38. The summed E-state index contributed by atoms with van der Waals surface area (Å²) in [6.45, 7) is 0. The lowest BCUT2D eigenvalue weighted by Gasteiger charge is -2.15. The average Bonchev–Trinajstić information content (AvgIpc) is 3.65. The summed E-state index contributed by atoms with van der Waals surface area (Å²) in [5.74, 6) is -5.28. The fourth-order valence-electron chi connectivity index (χ4n) is 6.76. The molecular formula is C40H18F6N2O8S2. The summed E-state index contributed by atoms with van der Waals surface area (Å²) in [5.41, 5.74) is -4.43. The number of allylic oxidation sites excluding steroid dienone is 1. The van der Waals surface area contributed by atoms with E-state index in [0.717, 1.165) is 24.3 Å². The summed E-state index contributed by atoms with van der Waals surface area (Å²) in [6.07, 6.45) is -11.7. The minimum absolute atomic E-state index is 0.0250. The number of fused-ring (bicyclic) bond motifs is 6. The van der Waals surface area contributed by atoms with E-state index in [2.05, 4.69) is 9.47 Å². The van der Waals surface area contributed by atoms with E-state index in [9.17, 15) is 63.3 Å². The number of carbonyl (C=O) groups is 2. The number of hydrogen-bond acceptors (Lipinski definition) is 10. The molecule has 5 aromatic rings. The summed E-state index contributed by atoms with van der Waals surface area (Å²) >= 11 is 0. The van der Waals surface area contributed by atoms with Crippen molar-refractivity contribution in [1.82, 2.24) is 0 Å². The van der Waals surface area contributed by atoms with Gasteiger partial charge >= 0.3 is 24.7 Å². The van der Waals surface area contributed by atoms with Crippen LogP contribution in [0.3, 0.4) is 0 Å². The first-order valence-corrected chi connectivity index (χ1v) is 19.2. The Balaban J connectivity index is 1.56. The summed E-state index contributed by atoms with van der Waals surface area (Å²) < 4.78 is 142. The third-order valence-electron chi connectivity index (χ3n) is 9.07. The van der Waals surface area contributed by atoms with Gasteiger partial charge in [-0.25, -0.2) is 26.4 Å². The van der Waals surface area contributed by atoms with Crippen molar-refractivity contribution in [3.8, 4) is 34.4 Å². The van der Waals surface area contributed by atoms with Crippen LogP contribution >= 0.6 is 0 Å². The normalized spacial score (nSPS) is 13.0. The van der Waals surface area contributed by atoms with Crippen LogP contribution in [-0.4, -0.2) is 41.5 Å². The van der Waals surface area contributed by atoms with Gasteiger partial charge in [0.15, 0.2) is 5.57 Å². The monoisotopic (exact) mass is 832 g/mol. The second kappa shape index (κ2) is 13.9. The molecule has 0 atom stereocenters. The van der Waals surface area contributed by atoms with Crippen LogP contribution in [0.1, 0.15) is 22.3 Å². The lowest BCUT2D eigenvalue weighted by atomic mass is 9.92. The summed E-state index contributed by atoms with van der Waals surface area (Å²) in [5, 5.41) is 20.1. The van der Waals surface area contributed by atoms with Crippen LogP contribution in [-0.2, 0) is 38.7 Å². The van der Waals surface area contributed by atoms with Gasteiger partial charge in [0.05, 0.1) is 19.6 Å². The van der Waals surface area contributed by atoms with E-state index < -0.39 is 77.1 Å². The molecule has 2 aliphatic carbocycles. The predicted molar refractivity (Wildman–Crippen MR) is 189 cm³/mol. The smallest absolute Gasteiger partial charge is 0.369 e. The van der Waals surface area contributed by atoms with Crippen molar-refractivity contribution < 1.29 is 62.2 Å². The quantitative estimate of drug-likeness (QED) is 0.0399. The van der Waals surface area contributed by atoms with Crippen LogP contribution in [0.25, 0.3) is 33.4 Å². The van der Waals surface area contributed by atoms with Crippen LogP contribution in [0.5, 0.6) is 0 Å². The van der Waals surface area contributed by atoms with Crippen LogP contribution in [0.15, 0.2) is 140 Å². The lowest BCUT2D eigenvalue weighted by Crippen LogP contribution is -2.29. The van der Waals surface area contributed by atoms with Crippen LogP contribution in [0, 0.1) is 22.7 Å². The molecule has 58 heavy (non-hydrogen) atoms. The molecule has 0 amide bonds. The van der Waals surface area contributed by atoms with Crippen molar-refractivity contribution in [2.75, 3.05) is 0 Å². The van der Waals surface area contributed by atoms with Crippen molar-refractivity contribution in [3.05, 3.63) is 143 Å². The molecule has 18 heteroatoms. The minimum Gasteiger partial charge on any atom is -0.369 e. The largest absolute Gasteiger partial charge is 0.575 e. The molecule has 10 nitrogen and oxygen atoms in total. The number of alkyl halides is 6. The zero-order chi connectivity index (χ0) is 41.9. The lowest BCUT2D eigenvalue weighted by molar-refractivity contribution is -0.306. The van der Waals surface area contributed by atoms with Gasteiger partial charge in [-0.2, -0.15) is 10.5 Å². The second-order valence-corrected chi connectivity index (χ2v) is 16.3. The standard InChI is InChI=1S/C40H18F6N2O8S2/c41-39(42,43)55-37(49)36(38(50)56-40(44,45)46)35-31-16-25(58(53,54)23-9-5-2-6-10-23)12-14-27(31)29-17-28-26-13-11-24(57(51,52)22-7-3-1-4-8-22)15-30(26)34(21(19-47)20-48)32(28)18-33(29)35/h1-18H. The SMILES string of the molecule is N#CC(C#N)=C1c2cc(S(=O)(=O)c3ccccc3)ccc2-c2cc3c(cc21)C(=C(C(=O)OC(F)(F)F)C(=O)OC(F)(F)F)c1cc(S(=O)(=O)c2ccccc2)ccc1-3. The van der Waals surface area contributed by atoms with E-state index in [1.165, 1.54) is 78.9 Å². The predicted octanol–water partition coefficient (Wildman–Crippen LogP) is 8.09. The maximum atomic E-state index is 13.7. The molecule has 290 valence electrons.